The Morgan fingerprint density at radius 1 is 0.923 bits per heavy atom. The average molecular weight is 345 g/mol. The van der Waals surface area contributed by atoms with Crippen molar-refractivity contribution in [3.05, 3.63) is 90.0 Å². The number of benzene rings is 3. The number of carbonyl (C=O) groups is 1. The molecule has 1 atom stereocenters. The summed E-state index contributed by atoms with van der Waals surface area (Å²) in [5, 5.41) is 2.94. The molecule has 0 fully saturated rings. The van der Waals surface area contributed by atoms with E-state index in [1.807, 2.05) is 54.6 Å². The number of anilines is 1. The lowest BCUT2D eigenvalue weighted by Crippen LogP contribution is -2.11. The Kier molecular flexibility index (Phi) is 5.69. The standard InChI is InChI=1S/C23H23NO2/c1-3-17(2)18-12-14-20(15-13-18)24-23(25)19-8-7-11-22(16-19)26-21-9-5-4-6-10-21/h4-17H,3H2,1-2H3,(H,24,25)/t17-/m0/s1. The number of para-hydroxylation sites is 1. The Bertz CT molecular complexity index is 857. The monoisotopic (exact) mass is 345 g/mol. The molecule has 0 radical (unpaired) electrons. The van der Waals surface area contributed by atoms with E-state index in [4.69, 9.17) is 4.74 Å². The third-order valence-electron chi connectivity index (χ3n) is 4.43. The Labute approximate surface area is 154 Å². The quantitative estimate of drug-likeness (QED) is 0.574. The van der Waals surface area contributed by atoms with Gasteiger partial charge in [-0.3, -0.25) is 4.79 Å². The molecule has 3 rings (SSSR count). The number of amides is 1. The molecule has 0 saturated carbocycles. The molecule has 0 heterocycles. The summed E-state index contributed by atoms with van der Waals surface area (Å²) >= 11 is 0. The number of rotatable bonds is 6. The summed E-state index contributed by atoms with van der Waals surface area (Å²) in [6, 6.07) is 24.7. The molecule has 0 spiro atoms. The first-order valence-electron chi connectivity index (χ1n) is 8.90. The molecule has 3 nitrogen and oxygen atoms in total. The third-order valence-corrected chi connectivity index (χ3v) is 4.43. The minimum Gasteiger partial charge on any atom is -0.457 e. The van der Waals surface area contributed by atoms with E-state index in [9.17, 15) is 4.79 Å². The Morgan fingerprint density at radius 2 is 1.62 bits per heavy atom. The highest BCUT2D eigenvalue weighted by atomic mass is 16.5. The minimum atomic E-state index is -0.153. The van der Waals surface area contributed by atoms with Gasteiger partial charge in [-0.25, -0.2) is 0 Å². The second-order valence-corrected chi connectivity index (χ2v) is 6.33. The van der Waals surface area contributed by atoms with Gasteiger partial charge < -0.3 is 10.1 Å². The van der Waals surface area contributed by atoms with Gasteiger partial charge in [-0.1, -0.05) is 50.2 Å². The number of hydrogen-bond acceptors (Lipinski definition) is 2. The van der Waals surface area contributed by atoms with Crippen molar-refractivity contribution in [2.45, 2.75) is 26.2 Å². The number of carbonyl (C=O) groups excluding carboxylic acids is 1. The van der Waals surface area contributed by atoms with Gasteiger partial charge in [0.15, 0.2) is 0 Å². The van der Waals surface area contributed by atoms with E-state index in [1.165, 1.54) is 5.56 Å². The van der Waals surface area contributed by atoms with Gasteiger partial charge in [0.25, 0.3) is 5.91 Å². The maximum atomic E-state index is 12.5. The second-order valence-electron chi connectivity index (χ2n) is 6.33. The lowest BCUT2D eigenvalue weighted by molar-refractivity contribution is 0.102. The molecular weight excluding hydrogens is 322 g/mol. The molecule has 0 aliphatic heterocycles. The summed E-state index contributed by atoms with van der Waals surface area (Å²) in [4.78, 5) is 12.5. The van der Waals surface area contributed by atoms with Crippen LogP contribution in [0.1, 0.15) is 42.1 Å². The highest BCUT2D eigenvalue weighted by molar-refractivity contribution is 6.04. The van der Waals surface area contributed by atoms with Crippen LogP contribution in [0.5, 0.6) is 11.5 Å². The van der Waals surface area contributed by atoms with Gasteiger partial charge in [-0.2, -0.15) is 0 Å². The third kappa shape index (κ3) is 4.51. The fraction of sp³-hybridized carbons (Fsp3) is 0.174. The lowest BCUT2D eigenvalue weighted by atomic mass is 9.98. The zero-order valence-corrected chi connectivity index (χ0v) is 15.1. The predicted octanol–water partition coefficient (Wildman–Crippen LogP) is 6.24. The van der Waals surface area contributed by atoms with E-state index in [0.717, 1.165) is 17.9 Å². The molecule has 132 valence electrons. The predicted molar refractivity (Wildman–Crippen MR) is 106 cm³/mol. The minimum absolute atomic E-state index is 0.153. The fourth-order valence-corrected chi connectivity index (χ4v) is 2.66. The van der Waals surface area contributed by atoms with Crippen LogP contribution in [-0.2, 0) is 0 Å². The van der Waals surface area contributed by atoms with Crippen molar-refractivity contribution in [3.8, 4) is 11.5 Å². The summed E-state index contributed by atoms with van der Waals surface area (Å²) in [7, 11) is 0. The number of hydrogen-bond donors (Lipinski definition) is 1. The summed E-state index contributed by atoms with van der Waals surface area (Å²) in [5.41, 5.74) is 2.63. The van der Waals surface area contributed by atoms with Crippen LogP contribution in [0.3, 0.4) is 0 Å². The van der Waals surface area contributed by atoms with Gasteiger partial charge in [0.2, 0.25) is 0 Å². The van der Waals surface area contributed by atoms with Crippen molar-refractivity contribution >= 4 is 11.6 Å². The van der Waals surface area contributed by atoms with Crippen LogP contribution in [-0.4, -0.2) is 5.91 Å². The van der Waals surface area contributed by atoms with Crippen LogP contribution in [0.4, 0.5) is 5.69 Å². The van der Waals surface area contributed by atoms with Crippen molar-refractivity contribution in [2.75, 3.05) is 5.32 Å². The summed E-state index contributed by atoms with van der Waals surface area (Å²) in [5.74, 6) is 1.74. The van der Waals surface area contributed by atoms with Crippen molar-refractivity contribution in [2.24, 2.45) is 0 Å². The SMILES string of the molecule is CC[C@H](C)c1ccc(NC(=O)c2cccc(Oc3ccccc3)c2)cc1. The van der Waals surface area contributed by atoms with Crippen LogP contribution in [0.15, 0.2) is 78.9 Å². The molecule has 0 unspecified atom stereocenters. The smallest absolute Gasteiger partial charge is 0.255 e. The zero-order valence-electron chi connectivity index (χ0n) is 15.1. The molecule has 0 aromatic heterocycles. The molecule has 1 N–H and O–H groups in total. The molecule has 0 saturated heterocycles. The van der Waals surface area contributed by atoms with E-state index in [2.05, 4.69) is 31.3 Å². The van der Waals surface area contributed by atoms with Gasteiger partial charge in [0, 0.05) is 11.3 Å². The molecule has 1 amide bonds. The van der Waals surface area contributed by atoms with Gasteiger partial charge in [0.1, 0.15) is 11.5 Å². The molecule has 3 aromatic rings. The van der Waals surface area contributed by atoms with Crippen LogP contribution in [0.2, 0.25) is 0 Å². The fourth-order valence-electron chi connectivity index (χ4n) is 2.66. The largest absolute Gasteiger partial charge is 0.457 e. The van der Waals surface area contributed by atoms with Crippen LogP contribution in [0.25, 0.3) is 0 Å². The van der Waals surface area contributed by atoms with Gasteiger partial charge in [-0.15, -0.1) is 0 Å². The Balaban J connectivity index is 1.69. The van der Waals surface area contributed by atoms with Crippen molar-refractivity contribution in [3.63, 3.8) is 0 Å². The molecule has 3 aromatic carbocycles. The van der Waals surface area contributed by atoms with Gasteiger partial charge in [0.05, 0.1) is 0 Å². The normalized spacial score (nSPS) is 11.6. The highest BCUT2D eigenvalue weighted by Gasteiger charge is 2.09. The molecule has 0 bridgehead atoms. The average Bonchev–Trinajstić information content (AvgIpc) is 2.69. The van der Waals surface area contributed by atoms with E-state index in [0.29, 0.717) is 17.2 Å². The summed E-state index contributed by atoms with van der Waals surface area (Å²) < 4.78 is 5.79. The first kappa shape index (κ1) is 17.7. The zero-order chi connectivity index (χ0) is 18.4. The Morgan fingerprint density at radius 3 is 2.31 bits per heavy atom. The van der Waals surface area contributed by atoms with Gasteiger partial charge >= 0.3 is 0 Å². The molecule has 0 aliphatic rings. The van der Waals surface area contributed by atoms with Crippen molar-refractivity contribution in [1.29, 1.82) is 0 Å². The maximum Gasteiger partial charge on any atom is 0.255 e. The van der Waals surface area contributed by atoms with Crippen LogP contribution < -0.4 is 10.1 Å². The summed E-state index contributed by atoms with van der Waals surface area (Å²) in [6.07, 6.45) is 1.10. The van der Waals surface area contributed by atoms with Crippen LogP contribution >= 0.6 is 0 Å². The van der Waals surface area contributed by atoms with E-state index in [-0.39, 0.29) is 5.91 Å². The van der Waals surface area contributed by atoms with E-state index >= 15 is 0 Å². The van der Waals surface area contributed by atoms with Gasteiger partial charge in [-0.05, 0) is 60.4 Å². The number of nitrogens with one attached hydrogen (secondary N) is 1. The van der Waals surface area contributed by atoms with Crippen LogP contribution in [0, 0.1) is 0 Å². The molecule has 26 heavy (non-hydrogen) atoms. The lowest BCUT2D eigenvalue weighted by Gasteiger charge is -2.11. The van der Waals surface area contributed by atoms with E-state index in [1.54, 1.807) is 12.1 Å². The number of ether oxygens (including phenoxy) is 1. The Hall–Kier alpha value is -3.07. The molecule has 3 heteroatoms. The highest BCUT2D eigenvalue weighted by Crippen LogP contribution is 2.23. The molecule has 0 aliphatic carbocycles. The summed E-state index contributed by atoms with van der Waals surface area (Å²) in [6.45, 7) is 4.37. The first-order valence-corrected chi connectivity index (χ1v) is 8.90. The maximum absolute atomic E-state index is 12.5. The molecular formula is C23H23NO2. The topological polar surface area (TPSA) is 38.3 Å². The van der Waals surface area contributed by atoms with Crippen molar-refractivity contribution in [1.82, 2.24) is 0 Å². The van der Waals surface area contributed by atoms with Crippen molar-refractivity contribution < 1.29 is 9.53 Å². The van der Waals surface area contributed by atoms with E-state index < -0.39 is 0 Å². The second kappa shape index (κ2) is 8.34. The first-order chi connectivity index (χ1) is 12.7.